The van der Waals surface area contributed by atoms with Crippen molar-refractivity contribution in [3.05, 3.63) is 89.5 Å². The topological polar surface area (TPSA) is 38.3 Å². The smallest absolute Gasteiger partial charge is 0.362 e. The lowest BCUT2D eigenvalue weighted by molar-refractivity contribution is 0.102. The normalized spacial score (nSPS) is 12.8. The summed E-state index contributed by atoms with van der Waals surface area (Å²) < 4.78 is 5.98. The number of hydrogen-bond donors (Lipinski definition) is 1. The van der Waals surface area contributed by atoms with Gasteiger partial charge in [0.15, 0.2) is 0 Å². The Balaban J connectivity index is 1.60. The Bertz CT molecular complexity index is 907. The Morgan fingerprint density at radius 2 is 1.76 bits per heavy atom. The predicted molar refractivity (Wildman–Crippen MR) is 102 cm³/mol. The molecule has 1 aliphatic rings. The lowest BCUT2D eigenvalue weighted by atomic mass is 9.56. The van der Waals surface area contributed by atoms with E-state index in [1.807, 2.05) is 36.4 Å². The van der Waals surface area contributed by atoms with Crippen LogP contribution < -0.4 is 16.2 Å². The maximum atomic E-state index is 12.4. The molecule has 1 N–H and O–H groups in total. The van der Waals surface area contributed by atoms with Crippen molar-refractivity contribution in [3.8, 4) is 0 Å². The average Bonchev–Trinajstić information content (AvgIpc) is 3.06. The van der Waals surface area contributed by atoms with Gasteiger partial charge in [-0.15, -0.1) is 0 Å². The quantitative estimate of drug-likeness (QED) is 0.751. The van der Waals surface area contributed by atoms with Crippen molar-refractivity contribution in [2.45, 2.75) is 13.5 Å². The van der Waals surface area contributed by atoms with Crippen molar-refractivity contribution in [1.82, 2.24) is 0 Å². The van der Waals surface area contributed by atoms with E-state index in [0.29, 0.717) is 12.2 Å². The molecule has 0 spiro atoms. The Hall–Kier alpha value is -2.85. The highest BCUT2D eigenvalue weighted by Crippen LogP contribution is 2.16. The number of carbonyl (C=O) groups is 1. The summed E-state index contributed by atoms with van der Waals surface area (Å²) >= 11 is 0. The van der Waals surface area contributed by atoms with E-state index in [-0.39, 0.29) is 12.8 Å². The molecule has 0 radical (unpaired) electrons. The molecule has 3 aromatic carbocycles. The molecule has 0 saturated heterocycles. The maximum absolute atomic E-state index is 12.4. The van der Waals surface area contributed by atoms with Crippen molar-refractivity contribution in [2.75, 3.05) is 5.32 Å². The second kappa shape index (κ2) is 6.57. The molecule has 4 heteroatoms. The lowest BCUT2D eigenvalue weighted by Crippen LogP contribution is -2.41. The van der Waals surface area contributed by atoms with Gasteiger partial charge in [-0.25, -0.2) is 0 Å². The van der Waals surface area contributed by atoms with Crippen LogP contribution in [-0.4, -0.2) is 12.8 Å². The highest BCUT2D eigenvalue weighted by molar-refractivity contribution is 6.81. The van der Waals surface area contributed by atoms with Crippen molar-refractivity contribution < 1.29 is 9.45 Å². The Morgan fingerprint density at radius 1 is 1.00 bits per heavy atom. The van der Waals surface area contributed by atoms with Crippen LogP contribution in [0.1, 0.15) is 21.5 Å². The van der Waals surface area contributed by atoms with Gasteiger partial charge in [0.2, 0.25) is 0 Å². The monoisotopic (exact) mass is 327 g/mol. The summed E-state index contributed by atoms with van der Waals surface area (Å²) in [5.74, 6) is -0.105. The number of rotatable bonds is 3. The Labute approximate surface area is 147 Å². The number of benzene rings is 3. The van der Waals surface area contributed by atoms with Gasteiger partial charge in [-0.2, -0.15) is 0 Å². The third-order valence-electron chi connectivity index (χ3n) is 4.51. The van der Waals surface area contributed by atoms with Crippen molar-refractivity contribution in [3.63, 3.8) is 0 Å². The molecule has 3 nitrogen and oxygen atoms in total. The molecular weight excluding hydrogens is 309 g/mol. The molecule has 0 bridgehead atoms. The second-order valence-corrected chi connectivity index (χ2v) is 6.34. The van der Waals surface area contributed by atoms with Crippen molar-refractivity contribution >= 4 is 29.4 Å². The predicted octanol–water partition coefficient (Wildman–Crippen LogP) is 2.88. The van der Waals surface area contributed by atoms with E-state index in [4.69, 9.17) is 4.65 Å². The standard InChI is InChI=1S/C21H18BNO2/c1-15-7-10-18(11-8-15)22-20-13-19(12-9-17(20)14-25-22)23-21(24)16-5-3-2-4-6-16/h2-13H,14H2,1H3,(H,23,24). The Morgan fingerprint density at radius 3 is 2.52 bits per heavy atom. The number of carbonyl (C=O) groups excluding carboxylic acids is 1. The summed E-state index contributed by atoms with van der Waals surface area (Å²) in [6.07, 6.45) is 0. The van der Waals surface area contributed by atoms with E-state index in [9.17, 15) is 4.79 Å². The van der Waals surface area contributed by atoms with E-state index >= 15 is 0 Å². The lowest BCUT2D eigenvalue weighted by Gasteiger charge is -2.10. The Kier molecular flexibility index (Phi) is 4.12. The third-order valence-corrected chi connectivity index (χ3v) is 4.51. The third kappa shape index (κ3) is 3.21. The first kappa shape index (κ1) is 15.7. The molecule has 1 aliphatic heterocycles. The van der Waals surface area contributed by atoms with Crippen molar-refractivity contribution in [1.29, 1.82) is 0 Å². The van der Waals surface area contributed by atoms with Gasteiger partial charge in [0.05, 0.1) is 6.61 Å². The SMILES string of the molecule is Cc1ccc(B2OCc3ccc(NC(=O)c4ccccc4)cc32)cc1. The molecule has 0 saturated carbocycles. The first-order valence-corrected chi connectivity index (χ1v) is 8.38. The summed E-state index contributed by atoms with van der Waals surface area (Å²) in [4.78, 5) is 12.4. The minimum Gasteiger partial charge on any atom is -0.423 e. The zero-order chi connectivity index (χ0) is 17.2. The second-order valence-electron chi connectivity index (χ2n) is 6.34. The fourth-order valence-corrected chi connectivity index (χ4v) is 3.12. The zero-order valence-corrected chi connectivity index (χ0v) is 14.0. The zero-order valence-electron chi connectivity index (χ0n) is 14.0. The molecule has 1 heterocycles. The van der Waals surface area contributed by atoms with Gasteiger partial charge in [0, 0.05) is 11.3 Å². The molecule has 0 fully saturated rings. The summed E-state index contributed by atoms with van der Waals surface area (Å²) in [6, 6.07) is 23.6. The number of nitrogens with one attached hydrogen (secondary N) is 1. The van der Waals surface area contributed by atoms with E-state index in [1.165, 1.54) is 11.1 Å². The molecule has 122 valence electrons. The first-order chi connectivity index (χ1) is 12.2. The summed E-state index contributed by atoms with van der Waals surface area (Å²) in [6.45, 7) is 2.59. The molecule has 1 amide bonds. The van der Waals surface area contributed by atoms with Crippen LogP contribution in [0.3, 0.4) is 0 Å². The largest absolute Gasteiger partial charge is 0.423 e. The van der Waals surface area contributed by atoms with Gasteiger partial charge < -0.3 is 9.97 Å². The van der Waals surface area contributed by atoms with Gasteiger partial charge in [-0.3, -0.25) is 4.79 Å². The summed E-state index contributed by atoms with van der Waals surface area (Å²) in [5.41, 5.74) is 6.09. The molecule has 0 atom stereocenters. The molecule has 4 rings (SSSR count). The number of fused-ring (bicyclic) bond motifs is 1. The van der Waals surface area contributed by atoms with E-state index in [0.717, 1.165) is 16.6 Å². The van der Waals surface area contributed by atoms with Gasteiger partial charge in [-0.05, 0) is 47.7 Å². The molecular formula is C21H18BNO2. The van der Waals surface area contributed by atoms with E-state index in [1.54, 1.807) is 12.1 Å². The van der Waals surface area contributed by atoms with Crippen LogP contribution in [0.25, 0.3) is 0 Å². The van der Waals surface area contributed by atoms with Crippen LogP contribution in [0.2, 0.25) is 0 Å². The molecule has 25 heavy (non-hydrogen) atoms. The fraction of sp³-hybridized carbons (Fsp3) is 0.0952. The van der Waals surface area contributed by atoms with Gasteiger partial charge in [-0.1, -0.05) is 54.1 Å². The van der Waals surface area contributed by atoms with Crippen LogP contribution in [0, 0.1) is 6.92 Å². The maximum Gasteiger partial charge on any atom is 0.362 e. The minimum absolute atomic E-state index is 0.0795. The number of hydrogen-bond acceptors (Lipinski definition) is 2. The van der Waals surface area contributed by atoms with Crippen molar-refractivity contribution in [2.24, 2.45) is 0 Å². The van der Waals surface area contributed by atoms with Crippen LogP contribution in [-0.2, 0) is 11.3 Å². The first-order valence-electron chi connectivity index (χ1n) is 8.38. The summed E-state index contributed by atoms with van der Waals surface area (Å²) in [7, 11) is 0. The molecule has 0 unspecified atom stereocenters. The van der Waals surface area contributed by atoms with Gasteiger partial charge >= 0.3 is 6.92 Å². The van der Waals surface area contributed by atoms with Gasteiger partial charge in [0.25, 0.3) is 5.91 Å². The summed E-state index contributed by atoms with van der Waals surface area (Å²) in [5, 5.41) is 2.97. The van der Waals surface area contributed by atoms with Crippen LogP contribution in [0.5, 0.6) is 0 Å². The van der Waals surface area contributed by atoms with Crippen LogP contribution >= 0.6 is 0 Å². The van der Waals surface area contributed by atoms with Gasteiger partial charge in [0.1, 0.15) is 0 Å². The highest BCUT2D eigenvalue weighted by atomic mass is 16.4. The van der Waals surface area contributed by atoms with E-state index < -0.39 is 0 Å². The highest BCUT2D eigenvalue weighted by Gasteiger charge is 2.30. The minimum atomic E-state index is -0.105. The van der Waals surface area contributed by atoms with E-state index in [2.05, 4.69) is 36.5 Å². The fourth-order valence-electron chi connectivity index (χ4n) is 3.12. The molecule has 0 aromatic heterocycles. The number of aryl methyl sites for hydroxylation is 1. The molecule has 0 aliphatic carbocycles. The number of amides is 1. The number of anilines is 1. The average molecular weight is 327 g/mol. The van der Waals surface area contributed by atoms with Crippen LogP contribution in [0.15, 0.2) is 72.8 Å². The van der Waals surface area contributed by atoms with Crippen LogP contribution in [0.4, 0.5) is 5.69 Å². The molecule has 3 aromatic rings.